The molecule has 0 aliphatic heterocycles. The third kappa shape index (κ3) is 3.31. The Labute approximate surface area is 235 Å². The summed E-state index contributed by atoms with van der Waals surface area (Å²) in [5.41, 5.74) is 10.6. The fourth-order valence-corrected chi connectivity index (χ4v) is 6.28. The Hall–Kier alpha value is -5.61. The summed E-state index contributed by atoms with van der Waals surface area (Å²) in [4.78, 5) is 8.55. The van der Waals surface area contributed by atoms with Crippen molar-refractivity contribution in [3.8, 4) is 28.3 Å². The third-order valence-electron chi connectivity index (χ3n) is 8.16. The number of para-hydroxylation sites is 3. The van der Waals surface area contributed by atoms with Crippen LogP contribution in [0.1, 0.15) is 0 Å². The van der Waals surface area contributed by atoms with Crippen molar-refractivity contribution in [2.24, 2.45) is 0 Å². The molecule has 9 rings (SSSR count). The number of aromatic amines is 1. The maximum absolute atomic E-state index is 6.31. The highest BCUT2D eigenvalue weighted by Gasteiger charge is 2.18. The predicted octanol–water partition coefficient (Wildman–Crippen LogP) is 9.89. The van der Waals surface area contributed by atoms with Crippen LogP contribution in [0.15, 0.2) is 138 Å². The third-order valence-corrected chi connectivity index (χ3v) is 8.16. The largest absolute Gasteiger partial charge is 0.436 e. The molecule has 4 heteroatoms. The molecule has 0 amide bonds. The average Bonchev–Trinajstić information content (AvgIpc) is 3.72. The quantitative estimate of drug-likeness (QED) is 0.249. The molecule has 41 heavy (non-hydrogen) atoms. The number of fused-ring (bicyclic) bond motifs is 7. The molecule has 0 unspecified atom stereocenters. The number of hydrogen-bond donors (Lipinski definition) is 1. The van der Waals surface area contributed by atoms with Gasteiger partial charge in [0, 0.05) is 43.9 Å². The van der Waals surface area contributed by atoms with Gasteiger partial charge >= 0.3 is 0 Å². The Bertz CT molecular complexity index is 2410. The minimum Gasteiger partial charge on any atom is -0.436 e. The lowest BCUT2D eigenvalue weighted by Gasteiger charge is -2.08. The molecule has 0 aliphatic rings. The summed E-state index contributed by atoms with van der Waals surface area (Å²) in [6.07, 6.45) is 0. The van der Waals surface area contributed by atoms with E-state index >= 15 is 0 Å². The molecule has 192 valence electrons. The first-order valence-electron chi connectivity index (χ1n) is 13.8. The molecule has 0 fully saturated rings. The second kappa shape index (κ2) is 8.44. The number of nitrogens with one attached hydrogen (secondary N) is 1. The van der Waals surface area contributed by atoms with Gasteiger partial charge in [0.2, 0.25) is 5.89 Å². The van der Waals surface area contributed by atoms with Crippen LogP contribution in [0.3, 0.4) is 0 Å². The van der Waals surface area contributed by atoms with Crippen molar-refractivity contribution >= 4 is 54.7 Å². The van der Waals surface area contributed by atoms with Gasteiger partial charge in [-0.2, -0.15) is 0 Å². The molecule has 0 bridgehead atoms. The maximum Gasteiger partial charge on any atom is 0.227 e. The fraction of sp³-hybridized carbons (Fsp3) is 0. The van der Waals surface area contributed by atoms with Gasteiger partial charge in [0.15, 0.2) is 5.58 Å². The van der Waals surface area contributed by atoms with E-state index in [9.17, 15) is 0 Å². The molecular weight excluding hydrogens is 502 g/mol. The molecule has 0 saturated carbocycles. The number of benzene rings is 6. The number of oxazole rings is 1. The molecule has 1 N–H and O–H groups in total. The SMILES string of the molecule is c1ccc(-c2nc3cc4c(cc3o2)c2cc(-c3cccc5c3[nH]c3ccccc35)ccc2n4-c2ccccc2)cc1. The molecule has 0 spiro atoms. The molecule has 9 aromatic rings. The van der Waals surface area contributed by atoms with E-state index in [0.717, 1.165) is 49.8 Å². The Morgan fingerprint density at radius 1 is 0.561 bits per heavy atom. The van der Waals surface area contributed by atoms with E-state index in [-0.39, 0.29) is 0 Å². The van der Waals surface area contributed by atoms with Crippen molar-refractivity contribution in [1.82, 2.24) is 14.5 Å². The Balaban J connectivity index is 1.33. The lowest BCUT2D eigenvalue weighted by Crippen LogP contribution is -1.93. The van der Waals surface area contributed by atoms with E-state index in [2.05, 4.69) is 113 Å². The predicted molar refractivity (Wildman–Crippen MR) is 169 cm³/mol. The molecule has 0 radical (unpaired) electrons. The number of nitrogens with zero attached hydrogens (tertiary/aromatic N) is 2. The molecule has 3 heterocycles. The normalized spacial score (nSPS) is 11.9. The van der Waals surface area contributed by atoms with Crippen molar-refractivity contribution in [2.45, 2.75) is 0 Å². The zero-order chi connectivity index (χ0) is 26.9. The molecule has 3 aromatic heterocycles. The summed E-state index contributed by atoms with van der Waals surface area (Å²) >= 11 is 0. The molecule has 4 nitrogen and oxygen atoms in total. The standard InChI is InChI=1S/C37H23N3O/c1-3-10-23(11-4-1)37-39-32-22-34-30(21-35(32)41-37)29-20-24(18-19-33(29)40(34)25-12-5-2-6-13-25)26-15-9-16-28-27-14-7-8-17-31(27)38-36(26)28/h1-22,38H. The molecular formula is C37H23N3O. The van der Waals surface area contributed by atoms with Gasteiger partial charge in [0.25, 0.3) is 0 Å². The summed E-state index contributed by atoms with van der Waals surface area (Å²) in [6.45, 7) is 0. The minimum absolute atomic E-state index is 0.634. The minimum atomic E-state index is 0.634. The number of rotatable bonds is 3. The topological polar surface area (TPSA) is 46.8 Å². The van der Waals surface area contributed by atoms with Crippen molar-refractivity contribution in [2.75, 3.05) is 0 Å². The highest BCUT2D eigenvalue weighted by molar-refractivity contribution is 6.15. The van der Waals surface area contributed by atoms with Crippen LogP contribution in [0.25, 0.3) is 83.0 Å². The van der Waals surface area contributed by atoms with Crippen molar-refractivity contribution < 1.29 is 4.42 Å². The van der Waals surface area contributed by atoms with Crippen LogP contribution < -0.4 is 0 Å². The lowest BCUT2D eigenvalue weighted by atomic mass is 10.00. The second-order valence-corrected chi connectivity index (χ2v) is 10.5. The van der Waals surface area contributed by atoms with Gasteiger partial charge in [-0.15, -0.1) is 0 Å². The summed E-state index contributed by atoms with van der Waals surface area (Å²) in [7, 11) is 0. The first-order valence-corrected chi connectivity index (χ1v) is 13.8. The van der Waals surface area contributed by atoms with E-state index in [1.165, 1.54) is 27.3 Å². The zero-order valence-corrected chi connectivity index (χ0v) is 22.0. The van der Waals surface area contributed by atoms with Crippen molar-refractivity contribution in [3.63, 3.8) is 0 Å². The van der Waals surface area contributed by atoms with Crippen LogP contribution in [0.5, 0.6) is 0 Å². The number of aromatic nitrogens is 3. The van der Waals surface area contributed by atoms with Gasteiger partial charge in [-0.3, -0.25) is 0 Å². The summed E-state index contributed by atoms with van der Waals surface area (Å²) < 4.78 is 8.63. The highest BCUT2D eigenvalue weighted by Crippen LogP contribution is 2.39. The highest BCUT2D eigenvalue weighted by atomic mass is 16.3. The van der Waals surface area contributed by atoms with Crippen molar-refractivity contribution in [1.29, 1.82) is 0 Å². The summed E-state index contributed by atoms with van der Waals surface area (Å²) in [6, 6.07) is 46.8. The second-order valence-electron chi connectivity index (χ2n) is 10.5. The van der Waals surface area contributed by atoms with Gasteiger partial charge in [-0.25, -0.2) is 4.98 Å². The monoisotopic (exact) mass is 525 g/mol. The van der Waals surface area contributed by atoms with Gasteiger partial charge in [-0.1, -0.05) is 78.9 Å². The maximum atomic E-state index is 6.31. The smallest absolute Gasteiger partial charge is 0.227 e. The van der Waals surface area contributed by atoms with Crippen molar-refractivity contribution in [3.05, 3.63) is 133 Å². The first-order chi connectivity index (χ1) is 20.3. The van der Waals surface area contributed by atoms with E-state index in [1.54, 1.807) is 0 Å². The van der Waals surface area contributed by atoms with Crippen LogP contribution in [-0.4, -0.2) is 14.5 Å². The first kappa shape index (κ1) is 22.2. The fourth-order valence-electron chi connectivity index (χ4n) is 6.28. The Morgan fingerprint density at radius 2 is 1.32 bits per heavy atom. The van der Waals surface area contributed by atoms with Crippen LogP contribution in [0, 0.1) is 0 Å². The van der Waals surface area contributed by atoms with E-state index < -0.39 is 0 Å². The van der Waals surface area contributed by atoms with E-state index in [1.807, 2.05) is 30.3 Å². The molecule has 0 atom stereocenters. The summed E-state index contributed by atoms with van der Waals surface area (Å²) in [5.74, 6) is 0.634. The molecule has 0 saturated heterocycles. The van der Waals surface area contributed by atoms with E-state index in [0.29, 0.717) is 5.89 Å². The van der Waals surface area contributed by atoms with Gasteiger partial charge in [0.05, 0.1) is 16.6 Å². The van der Waals surface area contributed by atoms with Crippen LogP contribution in [-0.2, 0) is 0 Å². The summed E-state index contributed by atoms with van der Waals surface area (Å²) in [5, 5.41) is 4.79. The van der Waals surface area contributed by atoms with E-state index in [4.69, 9.17) is 9.40 Å². The average molecular weight is 526 g/mol. The van der Waals surface area contributed by atoms with Gasteiger partial charge in [-0.05, 0) is 60.2 Å². The Kier molecular flexibility index (Phi) is 4.58. The lowest BCUT2D eigenvalue weighted by molar-refractivity contribution is 0.620. The van der Waals surface area contributed by atoms with Gasteiger partial charge < -0.3 is 14.0 Å². The van der Waals surface area contributed by atoms with Crippen LogP contribution in [0.4, 0.5) is 0 Å². The van der Waals surface area contributed by atoms with Gasteiger partial charge in [0.1, 0.15) is 5.52 Å². The number of H-pyrrole nitrogens is 1. The molecule has 0 aliphatic carbocycles. The Morgan fingerprint density at radius 3 is 2.20 bits per heavy atom. The van der Waals surface area contributed by atoms with Crippen LogP contribution in [0.2, 0.25) is 0 Å². The zero-order valence-electron chi connectivity index (χ0n) is 22.0. The van der Waals surface area contributed by atoms with Crippen LogP contribution >= 0.6 is 0 Å². The molecule has 6 aromatic carbocycles. The number of hydrogen-bond acceptors (Lipinski definition) is 2.